The number of nitrogens with one attached hydrogen (secondary N) is 1. The number of nitrogens with zero attached hydrogens (tertiary/aromatic N) is 2. The second-order valence-corrected chi connectivity index (χ2v) is 6.70. The summed E-state index contributed by atoms with van der Waals surface area (Å²) in [7, 11) is 0. The number of amides is 1. The zero-order chi connectivity index (χ0) is 17.9. The molecule has 0 bridgehead atoms. The maximum Gasteiger partial charge on any atom is 0.322 e. The lowest BCUT2D eigenvalue weighted by Gasteiger charge is -2.05. The minimum Gasteiger partial charge on any atom is -0.403 e. The van der Waals surface area contributed by atoms with Crippen LogP contribution in [0, 0.1) is 0 Å². The van der Waals surface area contributed by atoms with Crippen molar-refractivity contribution in [3.63, 3.8) is 0 Å². The Morgan fingerprint density at radius 1 is 1.00 bits per heavy atom. The quantitative estimate of drug-likeness (QED) is 0.525. The van der Waals surface area contributed by atoms with Gasteiger partial charge in [0.25, 0.3) is 0 Å². The highest BCUT2D eigenvalue weighted by Crippen LogP contribution is 2.23. The van der Waals surface area contributed by atoms with Gasteiger partial charge in [0.15, 0.2) is 0 Å². The molecule has 1 heterocycles. The molecule has 1 N–H and O–H groups in total. The minimum atomic E-state index is -0.203. The van der Waals surface area contributed by atoms with Crippen LogP contribution in [-0.2, 0) is 11.2 Å². The SMILES string of the molecule is O=C(Cc1cccc2ccccc12)Nc1nnc(-c2cccc(Br)c2)o1. The maximum absolute atomic E-state index is 12.4. The van der Waals surface area contributed by atoms with Crippen LogP contribution >= 0.6 is 15.9 Å². The molecule has 1 aromatic heterocycles. The van der Waals surface area contributed by atoms with Crippen LogP contribution < -0.4 is 5.32 Å². The Balaban J connectivity index is 1.50. The van der Waals surface area contributed by atoms with Gasteiger partial charge < -0.3 is 4.42 Å². The fourth-order valence-corrected chi connectivity index (χ4v) is 3.19. The van der Waals surface area contributed by atoms with Crippen LogP contribution in [0.3, 0.4) is 0 Å². The van der Waals surface area contributed by atoms with E-state index in [2.05, 4.69) is 31.4 Å². The Kier molecular flexibility index (Phi) is 4.50. The van der Waals surface area contributed by atoms with E-state index in [1.807, 2.05) is 66.7 Å². The van der Waals surface area contributed by atoms with E-state index in [0.29, 0.717) is 5.89 Å². The first kappa shape index (κ1) is 16.5. The third-order valence-corrected chi connectivity index (χ3v) is 4.47. The van der Waals surface area contributed by atoms with Crippen LogP contribution in [0.2, 0.25) is 0 Å². The van der Waals surface area contributed by atoms with Gasteiger partial charge in [0.1, 0.15) is 0 Å². The Morgan fingerprint density at radius 2 is 1.81 bits per heavy atom. The van der Waals surface area contributed by atoms with Crippen molar-refractivity contribution >= 4 is 38.6 Å². The molecular weight excluding hydrogens is 394 g/mol. The number of carbonyl (C=O) groups is 1. The highest BCUT2D eigenvalue weighted by Gasteiger charge is 2.13. The van der Waals surface area contributed by atoms with Gasteiger partial charge in [-0.25, -0.2) is 0 Å². The lowest BCUT2D eigenvalue weighted by molar-refractivity contribution is -0.115. The zero-order valence-electron chi connectivity index (χ0n) is 13.6. The molecule has 128 valence electrons. The molecule has 0 radical (unpaired) electrons. The van der Waals surface area contributed by atoms with Crippen LogP contribution in [0.15, 0.2) is 75.6 Å². The predicted molar refractivity (Wildman–Crippen MR) is 104 cm³/mol. The van der Waals surface area contributed by atoms with E-state index in [0.717, 1.165) is 26.4 Å². The van der Waals surface area contributed by atoms with Gasteiger partial charge in [-0.1, -0.05) is 69.6 Å². The lowest BCUT2D eigenvalue weighted by Crippen LogP contribution is -2.14. The highest BCUT2D eigenvalue weighted by molar-refractivity contribution is 9.10. The van der Waals surface area contributed by atoms with Crippen LogP contribution in [-0.4, -0.2) is 16.1 Å². The number of hydrogen-bond donors (Lipinski definition) is 1. The van der Waals surface area contributed by atoms with Gasteiger partial charge in [0, 0.05) is 10.0 Å². The van der Waals surface area contributed by atoms with Gasteiger partial charge in [0.05, 0.1) is 6.42 Å². The van der Waals surface area contributed by atoms with Crippen LogP contribution in [0.5, 0.6) is 0 Å². The molecule has 0 spiro atoms. The molecule has 0 fully saturated rings. The molecule has 0 atom stereocenters. The second-order valence-electron chi connectivity index (χ2n) is 5.79. The van der Waals surface area contributed by atoms with Crippen LogP contribution in [0.1, 0.15) is 5.56 Å². The average molecular weight is 408 g/mol. The molecular formula is C20H14BrN3O2. The van der Waals surface area contributed by atoms with E-state index in [1.54, 1.807) is 0 Å². The van der Waals surface area contributed by atoms with Crippen LogP contribution in [0.25, 0.3) is 22.2 Å². The molecule has 0 aliphatic heterocycles. The lowest BCUT2D eigenvalue weighted by atomic mass is 10.0. The number of halogens is 1. The molecule has 1 amide bonds. The van der Waals surface area contributed by atoms with E-state index in [9.17, 15) is 4.79 Å². The molecule has 0 saturated heterocycles. The molecule has 5 nitrogen and oxygen atoms in total. The topological polar surface area (TPSA) is 68.0 Å². The third-order valence-electron chi connectivity index (χ3n) is 3.97. The van der Waals surface area contributed by atoms with E-state index in [1.165, 1.54) is 0 Å². The summed E-state index contributed by atoms with van der Waals surface area (Å²) >= 11 is 3.40. The van der Waals surface area contributed by atoms with Crippen molar-refractivity contribution in [2.24, 2.45) is 0 Å². The minimum absolute atomic E-state index is 0.0882. The Hall–Kier alpha value is -2.99. The average Bonchev–Trinajstić information content (AvgIpc) is 3.10. The zero-order valence-corrected chi connectivity index (χ0v) is 15.2. The van der Waals surface area contributed by atoms with Crippen molar-refractivity contribution in [3.8, 4) is 11.5 Å². The Morgan fingerprint density at radius 3 is 2.69 bits per heavy atom. The van der Waals surface area contributed by atoms with Crippen LogP contribution in [0.4, 0.5) is 6.01 Å². The van der Waals surface area contributed by atoms with Gasteiger partial charge in [-0.05, 0) is 34.5 Å². The monoisotopic (exact) mass is 407 g/mol. The molecule has 26 heavy (non-hydrogen) atoms. The first-order valence-corrected chi connectivity index (χ1v) is 8.84. The first-order valence-electron chi connectivity index (χ1n) is 8.05. The highest BCUT2D eigenvalue weighted by atomic mass is 79.9. The second kappa shape index (κ2) is 7.09. The molecule has 0 saturated carbocycles. The van der Waals surface area contributed by atoms with E-state index < -0.39 is 0 Å². The first-order chi connectivity index (χ1) is 12.7. The number of benzene rings is 3. The Labute approximate surface area is 158 Å². The number of hydrogen-bond acceptors (Lipinski definition) is 4. The van der Waals surface area contributed by atoms with Gasteiger partial charge in [0.2, 0.25) is 11.8 Å². The molecule has 0 aliphatic carbocycles. The normalized spacial score (nSPS) is 10.8. The summed E-state index contributed by atoms with van der Waals surface area (Å²) in [4.78, 5) is 12.4. The van der Waals surface area contributed by atoms with Gasteiger partial charge in [-0.2, -0.15) is 0 Å². The number of aromatic nitrogens is 2. The summed E-state index contributed by atoms with van der Waals surface area (Å²) in [6.07, 6.45) is 0.232. The van der Waals surface area contributed by atoms with Gasteiger partial charge in [-0.15, -0.1) is 5.10 Å². The largest absolute Gasteiger partial charge is 0.403 e. The molecule has 4 aromatic rings. The van der Waals surface area contributed by atoms with Crippen molar-refractivity contribution in [1.29, 1.82) is 0 Å². The molecule has 0 aliphatic rings. The van der Waals surface area contributed by atoms with Crippen molar-refractivity contribution in [2.75, 3.05) is 5.32 Å². The summed E-state index contributed by atoms with van der Waals surface area (Å²) in [6, 6.07) is 21.5. The summed E-state index contributed by atoms with van der Waals surface area (Å²) in [5.41, 5.74) is 1.73. The van der Waals surface area contributed by atoms with Gasteiger partial charge >= 0.3 is 6.01 Å². The fraction of sp³-hybridized carbons (Fsp3) is 0.0500. The molecule has 0 unspecified atom stereocenters. The van der Waals surface area contributed by atoms with Crippen molar-refractivity contribution in [1.82, 2.24) is 10.2 Å². The molecule has 6 heteroatoms. The van der Waals surface area contributed by atoms with Crippen molar-refractivity contribution in [3.05, 3.63) is 76.8 Å². The summed E-state index contributed by atoms with van der Waals surface area (Å²) in [5, 5.41) is 12.7. The number of carbonyl (C=O) groups excluding carboxylic acids is 1. The van der Waals surface area contributed by atoms with Crippen molar-refractivity contribution < 1.29 is 9.21 Å². The summed E-state index contributed by atoms with van der Waals surface area (Å²) in [6.45, 7) is 0. The maximum atomic E-state index is 12.4. The Bertz CT molecular complexity index is 1090. The number of rotatable bonds is 4. The molecule has 3 aromatic carbocycles. The van der Waals surface area contributed by atoms with Gasteiger partial charge in [-0.3, -0.25) is 10.1 Å². The van der Waals surface area contributed by atoms with Crippen molar-refractivity contribution in [2.45, 2.75) is 6.42 Å². The third kappa shape index (κ3) is 3.50. The molecule has 4 rings (SSSR count). The summed E-state index contributed by atoms with van der Waals surface area (Å²) < 4.78 is 6.46. The number of anilines is 1. The fourth-order valence-electron chi connectivity index (χ4n) is 2.79. The summed E-state index contributed by atoms with van der Waals surface area (Å²) in [5.74, 6) is 0.151. The predicted octanol–water partition coefficient (Wildman–Crippen LogP) is 4.83. The van der Waals surface area contributed by atoms with E-state index in [4.69, 9.17) is 4.42 Å². The van der Waals surface area contributed by atoms with E-state index in [-0.39, 0.29) is 18.3 Å². The standard InChI is InChI=1S/C20H14BrN3O2/c21-16-9-4-8-15(11-16)19-23-24-20(26-19)22-18(25)12-14-7-3-6-13-5-1-2-10-17(13)14/h1-11H,12H2,(H,22,24,25). The smallest absolute Gasteiger partial charge is 0.322 e. The van der Waals surface area contributed by atoms with E-state index >= 15 is 0 Å². The number of fused-ring (bicyclic) bond motifs is 1.